The van der Waals surface area contributed by atoms with E-state index in [-0.39, 0.29) is 6.04 Å². The average Bonchev–Trinajstić information content (AvgIpc) is 2.28. The third-order valence-corrected chi connectivity index (χ3v) is 4.73. The van der Waals surface area contributed by atoms with E-state index in [0.29, 0.717) is 23.8 Å². The summed E-state index contributed by atoms with van der Waals surface area (Å²) in [5.41, 5.74) is 0. The number of nitrogens with one attached hydrogen (secondary N) is 1. The number of sulfonamides is 1. The highest BCUT2D eigenvalue weighted by Gasteiger charge is 2.28. The van der Waals surface area contributed by atoms with Crippen molar-refractivity contribution in [2.45, 2.75) is 37.0 Å². The summed E-state index contributed by atoms with van der Waals surface area (Å²) in [4.78, 5) is 7.85. The first-order valence-electron chi connectivity index (χ1n) is 5.71. The fourth-order valence-corrected chi connectivity index (χ4v) is 3.23. The zero-order valence-electron chi connectivity index (χ0n) is 9.71. The Balaban J connectivity index is 1.91. The van der Waals surface area contributed by atoms with Gasteiger partial charge in [-0.2, -0.15) is 0 Å². The van der Waals surface area contributed by atoms with E-state index in [2.05, 4.69) is 15.3 Å². The zero-order chi connectivity index (χ0) is 13.2. The summed E-state index contributed by atoms with van der Waals surface area (Å²) in [6.45, 7) is 0. The van der Waals surface area contributed by atoms with Crippen LogP contribution in [0.2, 0.25) is 5.15 Å². The molecule has 0 unspecified atom stereocenters. The number of nitrogens with zero attached hydrogens (tertiary/aromatic N) is 2. The van der Waals surface area contributed by atoms with Gasteiger partial charge < -0.3 is 5.32 Å². The molecule has 100 valence electrons. The van der Waals surface area contributed by atoms with E-state index < -0.39 is 15.3 Å². The van der Waals surface area contributed by atoms with Crippen LogP contribution in [-0.2, 0) is 10.0 Å². The fourth-order valence-electron chi connectivity index (χ4n) is 2.16. The van der Waals surface area contributed by atoms with Crippen LogP contribution < -0.4 is 10.5 Å². The van der Waals surface area contributed by atoms with Crippen LogP contribution in [0.1, 0.15) is 25.7 Å². The van der Waals surface area contributed by atoms with Crippen molar-refractivity contribution in [1.29, 1.82) is 0 Å². The highest BCUT2D eigenvalue weighted by Crippen LogP contribution is 2.25. The van der Waals surface area contributed by atoms with Gasteiger partial charge in [-0.1, -0.05) is 11.6 Å². The van der Waals surface area contributed by atoms with Crippen molar-refractivity contribution in [2.24, 2.45) is 5.14 Å². The summed E-state index contributed by atoms with van der Waals surface area (Å²) < 4.78 is 22.4. The minimum absolute atomic E-state index is 0.203. The van der Waals surface area contributed by atoms with Gasteiger partial charge in [-0.15, -0.1) is 0 Å². The molecular weight excluding hydrogens is 276 g/mol. The molecule has 0 bridgehead atoms. The van der Waals surface area contributed by atoms with Gasteiger partial charge in [0.1, 0.15) is 17.3 Å². The number of rotatable bonds is 3. The van der Waals surface area contributed by atoms with Crippen molar-refractivity contribution in [3.8, 4) is 0 Å². The van der Waals surface area contributed by atoms with Gasteiger partial charge in [-0.25, -0.2) is 23.5 Å². The molecule has 6 nitrogen and oxygen atoms in total. The summed E-state index contributed by atoms with van der Waals surface area (Å²) >= 11 is 5.76. The van der Waals surface area contributed by atoms with Gasteiger partial charge in [-0.05, 0) is 25.7 Å². The van der Waals surface area contributed by atoms with Crippen LogP contribution in [0.5, 0.6) is 0 Å². The van der Waals surface area contributed by atoms with Gasteiger partial charge >= 0.3 is 0 Å². The van der Waals surface area contributed by atoms with Gasteiger partial charge in [0.25, 0.3) is 0 Å². The maximum absolute atomic E-state index is 11.2. The Hall–Kier alpha value is -0.920. The Kier molecular flexibility index (Phi) is 4.04. The SMILES string of the molecule is NS(=O)(=O)C1CCC(Nc2cc(Cl)ncn2)CC1. The normalized spacial score (nSPS) is 24.8. The van der Waals surface area contributed by atoms with Crippen molar-refractivity contribution in [1.82, 2.24) is 9.97 Å². The third-order valence-electron chi connectivity index (χ3n) is 3.12. The highest BCUT2D eigenvalue weighted by atomic mass is 35.5. The number of hydrogen-bond acceptors (Lipinski definition) is 5. The van der Waals surface area contributed by atoms with E-state index in [9.17, 15) is 8.42 Å². The summed E-state index contributed by atoms with van der Waals surface area (Å²) in [5, 5.41) is 8.33. The number of anilines is 1. The number of nitrogens with two attached hydrogens (primary N) is 1. The number of primary sulfonamides is 1. The van der Waals surface area contributed by atoms with E-state index in [1.807, 2.05) is 0 Å². The molecule has 1 aromatic rings. The number of aromatic nitrogens is 2. The molecular formula is C10H15ClN4O2S. The molecule has 1 heterocycles. The molecule has 0 atom stereocenters. The van der Waals surface area contributed by atoms with Crippen LogP contribution in [0.3, 0.4) is 0 Å². The second-order valence-corrected chi connectivity index (χ2v) is 6.66. The van der Waals surface area contributed by atoms with Crippen molar-refractivity contribution in [3.05, 3.63) is 17.5 Å². The van der Waals surface area contributed by atoms with Crippen LogP contribution in [0.4, 0.5) is 5.82 Å². The quantitative estimate of drug-likeness (QED) is 0.814. The maximum atomic E-state index is 11.2. The molecule has 1 aliphatic rings. The molecule has 1 fully saturated rings. The molecule has 18 heavy (non-hydrogen) atoms. The molecule has 0 radical (unpaired) electrons. The van der Waals surface area contributed by atoms with E-state index >= 15 is 0 Å². The second-order valence-electron chi connectivity index (χ2n) is 4.43. The van der Waals surface area contributed by atoms with Gasteiger partial charge in [0.15, 0.2) is 0 Å². The highest BCUT2D eigenvalue weighted by molar-refractivity contribution is 7.89. The Morgan fingerprint density at radius 3 is 2.50 bits per heavy atom. The van der Waals surface area contributed by atoms with E-state index in [1.54, 1.807) is 6.07 Å². The Morgan fingerprint density at radius 2 is 1.94 bits per heavy atom. The van der Waals surface area contributed by atoms with E-state index in [4.69, 9.17) is 16.7 Å². The molecule has 0 saturated heterocycles. The van der Waals surface area contributed by atoms with Crippen LogP contribution in [0, 0.1) is 0 Å². The number of halogens is 1. The largest absolute Gasteiger partial charge is 0.367 e. The first kappa shape index (κ1) is 13.5. The second kappa shape index (κ2) is 5.38. The standard InChI is InChI=1S/C10H15ClN4O2S/c11-9-5-10(14-6-13-9)15-7-1-3-8(4-2-7)18(12,16)17/h5-8H,1-4H2,(H2,12,16,17)(H,13,14,15). The lowest BCUT2D eigenvalue weighted by Gasteiger charge is -2.28. The first-order chi connectivity index (χ1) is 8.45. The van der Waals surface area contributed by atoms with Gasteiger partial charge in [-0.3, -0.25) is 0 Å². The summed E-state index contributed by atoms with van der Waals surface area (Å²) in [7, 11) is -3.40. The maximum Gasteiger partial charge on any atom is 0.211 e. The lowest BCUT2D eigenvalue weighted by atomic mass is 9.95. The number of hydrogen-bond donors (Lipinski definition) is 2. The third kappa shape index (κ3) is 3.54. The molecule has 0 aromatic carbocycles. The smallest absolute Gasteiger partial charge is 0.211 e. The van der Waals surface area contributed by atoms with Crippen LogP contribution >= 0.6 is 11.6 Å². The summed E-state index contributed by atoms with van der Waals surface area (Å²) in [6, 6.07) is 1.85. The van der Waals surface area contributed by atoms with Crippen LogP contribution in [0.25, 0.3) is 0 Å². The average molecular weight is 291 g/mol. The molecule has 1 aliphatic carbocycles. The van der Waals surface area contributed by atoms with Crippen molar-refractivity contribution in [2.75, 3.05) is 5.32 Å². The van der Waals surface area contributed by atoms with Crippen LogP contribution in [0.15, 0.2) is 12.4 Å². The lowest BCUT2D eigenvalue weighted by molar-refractivity contribution is 0.451. The predicted octanol–water partition coefficient (Wildman–Crippen LogP) is 1.14. The van der Waals surface area contributed by atoms with Crippen molar-refractivity contribution >= 4 is 27.4 Å². The minimum atomic E-state index is -3.40. The fraction of sp³-hybridized carbons (Fsp3) is 0.600. The molecule has 3 N–H and O–H groups in total. The Labute approximate surface area is 111 Å². The monoisotopic (exact) mass is 290 g/mol. The molecule has 8 heteroatoms. The Morgan fingerprint density at radius 1 is 1.28 bits per heavy atom. The molecule has 0 aliphatic heterocycles. The van der Waals surface area contributed by atoms with Crippen LogP contribution in [-0.4, -0.2) is 29.7 Å². The molecule has 0 spiro atoms. The van der Waals surface area contributed by atoms with Gasteiger partial charge in [0.2, 0.25) is 10.0 Å². The molecule has 1 saturated carbocycles. The Bertz CT molecular complexity index is 514. The van der Waals surface area contributed by atoms with E-state index in [0.717, 1.165) is 12.8 Å². The molecule has 0 amide bonds. The first-order valence-corrected chi connectivity index (χ1v) is 7.69. The van der Waals surface area contributed by atoms with E-state index in [1.165, 1.54) is 6.33 Å². The zero-order valence-corrected chi connectivity index (χ0v) is 11.3. The van der Waals surface area contributed by atoms with Crippen molar-refractivity contribution < 1.29 is 8.42 Å². The predicted molar refractivity (Wildman–Crippen MR) is 69.8 cm³/mol. The lowest BCUT2D eigenvalue weighted by Crippen LogP contribution is -2.36. The topological polar surface area (TPSA) is 98.0 Å². The molecule has 2 rings (SSSR count). The summed E-state index contributed by atoms with van der Waals surface area (Å²) in [5.74, 6) is 0.661. The summed E-state index contributed by atoms with van der Waals surface area (Å²) in [6.07, 6.45) is 4.05. The van der Waals surface area contributed by atoms with Crippen molar-refractivity contribution in [3.63, 3.8) is 0 Å². The van der Waals surface area contributed by atoms with Gasteiger partial charge in [0.05, 0.1) is 5.25 Å². The minimum Gasteiger partial charge on any atom is -0.367 e. The van der Waals surface area contributed by atoms with Gasteiger partial charge in [0, 0.05) is 12.1 Å². The molecule has 1 aromatic heterocycles.